The number of aryl methyl sites for hydroxylation is 2. The van der Waals surface area contributed by atoms with Gasteiger partial charge in [-0.15, -0.1) is 0 Å². The van der Waals surface area contributed by atoms with Gasteiger partial charge in [0, 0.05) is 45.2 Å². The van der Waals surface area contributed by atoms with Crippen molar-refractivity contribution in [2.24, 2.45) is 4.99 Å². The lowest BCUT2D eigenvalue weighted by Gasteiger charge is -2.41. The minimum absolute atomic E-state index is 0.0421. The lowest BCUT2D eigenvalue weighted by Crippen LogP contribution is -2.54. The Morgan fingerprint density at radius 1 is 1.11 bits per heavy atom. The third-order valence-electron chi connectivity index (χ3n) is 5.99. The van der Waals surface area contributed by atoms with Gasteiger partial charge in [0.25, 0.3) is 0 Å². The zero-order valence-electron chi connectivity index (χ0n) is 17.8. The molecule has 0 aromatic carbocycles. The number of likely N-dealkylation sites (tertiary alicyclic amines) is 1. The van der Waals surface area contributed by atoms with E-state index >= 15 is 0 Å². The first-order valence-corrected chi connectivity index (χ1v) is 10.9. The van der Waals surface area contributed by atoms with E-state index < -0.39 is 0 Å². The number of aliphatic imine (C=N–C) groups is 1. The predicted molar refractivity (Wildman–Crippen MR) is 113 cm³/mol. The summed E-state index contributed by atoms with van der Waals surface area (Å²) in [7, 11) is 1.80. The van der Waals surface area contributed by atoms with Crippen LogP contribution >= 0.6 is 0 Å². The Balaban J connectivity index is 1.41. The Bertz CT molecular complexity index is 713. The highest BCUT2D eigenvalue weighted by atomic mass is 16.2. The number of guanidine groups is 1. The third-order valence-corrected chi connectivity index (χ3v) is 5.99. The van der Waals surface area contributed by atoms with Crippen molar-refractivity contribution < 1.29 is 0 Å². The van der Waals surface area contributed by atoms with Crippen molar-refractivity contribution in [1.82, 2.24) is 29.9 Å². The number of fused-ring (bicyclic) bond motifs is 1. The minimum atomic E-state index is 0.0421. The molecule has 0 spiro atoms. The number of hydrogen-bond acceptors (Lipinski definition) is 4. The van der Waals surface area contributed by atoms with Gasteiger partial charge in [-0.05, 0) is 59.0 Å². The standard InChI is InChI=1S/C20H37N7O/c1-20(2,25-12-6-4-7-13-25)16-23-18(21-3)22-11-9-15-27-19(28)26-14-8-5-10-17(26)24-27/h4-16H2,1-3H3,(H2,21,22,23). The molecule has 0 amide bonds. The second-order valence-electron chi connectivity index (χ2n) is 8.60. The van der Waals surface area contributed by atoms with Crippen molar-refractivity contribution in [3.05, 3.63) is 16.3 Å². The van der Waals surface area contributed by atoms with E-state index in [1.54, 1.807) is 11.7 Å². The molecule has 0 unspecified atom stereocenters. The van der Waals surface area contributed by atoms with Crippen molar-refractivity contribution in [3.8, 4) is 0 Å². The summed E-state index contributed by atoms with van der Waals surface area (Å²) in [5.41, 5.74) is 0.154. The molecule has 0 radical (unpaired) electrons. The Morgan fingerprint density at radius 3 is 2.57 bits per heavy atom. The number of aromatic nitrogens is 3. The second-order valence-corrected chi connectivity index (χ2v) is 8.60. The first kappa shape index (κ1) is 20.9. The van der Waals surface area contributed by atoms with Crippen LogP contribution in [-0.2, 0) is 19.5 Å². The highest BCUT2D eigenvalue weighted by Gasteiger charge is 2.27. The summed E-state index contributed by atoms with van der Waals surface area (Å²) in [6.45, 7) is 10.0. The van der Waals surface area contributed by atoms with Crippen molar-refractivity contribution in [3.63, 3.8) is 0 Å². The Kier molecular flexibility index (Phi) is 7.15. The fraction of sp³-hybridized carbons (Fsp3) is 0.850. The Morgan fingerprint density at radius 2 is 1.86 bits per heavy atom. The van der Waals surface area contributed by atoms with Crippen LogP contribution < -0.4 is 16.3 Å². The lowest BCUT2D eigenvalue weighted by atomic mass is 9.98. The third kappa shape index (κ3) is 5.16. The maximum Gasteiger partial charge on any atom is 0.345 e. The molecule has 0 aliphatic carbocycles. The molecule has 3 rings (SSSR count). The first-order valence-electron chi connectivity index (χ1n) is 10.9. The number of hydrogen-bond donors (Lipinski definition) is 2. The molecule has 2 aliphatic rings. The summed E-state index contributed by atoms with van der Waals surface area (Å²) in [6, 6.07) is 0. The molecule has 0 bridgehead atoms. The molecule has 28 heavy (non-hydrogen) atoms. The SMILES string of the molecule is CN=C(NCCCn1nc2n(c1=O)CCCC2)NCC(C)(C)N1CCCCC1. The van der Waals surface area contributed by atoms with Crippen molar-refractivity contribution in [2.45, 2.75) is 77.4 Å². The molecule has 1 aromatic heterocycles. The molecule has 3 heterocycles. The molecule has 2 N–H and O–H groups in total. The van der Waals surface area contributed by atoms with E-state index in [9.17, 15) is 4.79 Å². The number of rotatable bonds is 7. The van der Waals surface area contributed by atoms with Gasteiger partial charge in [-0.25, -0.2) is 9.48 Å². The molecular formula is C20H37N7O. The lowest BCUT2D eigenvalue weighted by molar-refractivity contribution is 0.0982. The van der Waals surface area contributed by atoms with E-state index in [1.807, 2.05) is 4.57 Å². The largest absolute Gasteiger partial charge is 0.356 e. The molecule has 1 saturated heterocycles. The van der Waals surface area contributed by atoms with Crippen LogP contribution in [0.5, 0.6) is 0 Å². The van der Waals surface area contributed by atoms with E-state index in [-0.39, 0.29) is 11.2 Å². The average Bonchev–Trinajstić information content (AvgIpc) is 3.04. The van der Waals surface area contributed by atoms with Gasteiger partial charge >= 0.3 is 5.69 Å². The quantitative estimate of drug-likeness (QED) is 0.415. The van der Waals surface area contributed by atoms with Gasteiger partial charge in [0.2, 0.25) is 0 Å². The van der Waals surface area contributed by atoms with E-state index in [4.69, 9.17) is 0 Å². The van der Waals surface area contributed by atoms with Gasteiger partial charge in [0.1, 0.15) is 5.82 Å². The van der Waals surface area contributed by atoms with Gasteiger partial charge in [0.15, 0.2) is 5.96 Å². The average molecular weight is 392 g/mol. The second kappa shape index (κ2) is 9.58. The first-order chi connectivity index (χ1) is 13.5. The van der Waals surface area contributed by atoms with E-state index in [0.717, 1.165) is 57.1 Å². The molecule has 0 saturated carbocycles. The summed E-state index contributed by atoms with van der Waals surface area (Å²) in [5, 5.41) is 11.3. The summed E-state index contributed by atoms with van der Waals surface area (Å²) in [5.74, 6) is 1.77. The monoisotopic (exact) mass is 391 g/mol. The Hall–Kier alpha value is -1.83. The minimum Gasteiger partial charge on any atom is -0.356 e. The molecule has 158 valence electrons. The van der Waals surface area contributed by atoms with Crippen molar-refractivity contribution in [2.75, 3.05) is 33.2 Å². The van der Waals surface area contributed by atoms with Crippen LogP contribution in [0.2, 0.25) is 0 Å². The van der Waals surface area contributed by atoms with Gasteiger partial charge in [-0.2, -0.15) is 5.10 Å². The molecule has 0 atom stereocenters. The van der Waals surface area contributed by atoms with E-state index in [1.165, 1.54) is 32.4 Å². The smallest absolute Gasteiger partial charge is 0.345 e. The summed E-state index contributed by atoms with van der Waals surface area (Å²) >= 11 is 0. The van der Waals surface area contributed by atoms with E-state index in [2.05, 4.69) is 39.5 Å². The number of piperidine rings is 1. The summed E-state index contributed by atoms with van der Waals surface area (Å²) in [6.07, 6.45) is 7.92. The zero-order valence-corrected chi connectivity index (χ0v) is 17.8. The Labute approximate surface area is 168 Å². The van der Waals surface area contributed by atoms with Crippen LogP contribution in [0.25, 0.3) is 0 Å². The molecule has 1 fully saturated rings. The van der Waals surface area contributed by atoms with Crippen molar-refractivity contribution >= 4 is 5.96 Å². The van der Waals surface area contributed by atoms with Gasteiger partial charge in [-0.3, -0.25) is 14.5 Å². The molecule has 2 aliphatic heterocycles. The van der Waals surface area contributed by atoms with E-state index in [0.29, 0.717) is 6.54 Å². The van der Waals surface area contributed by atoms with Crippen LogP contribution in [0.15, 0.2) is 9.79 Å². The predicted octanol–water partition coefficient (Wildman–Crippen LogP) is 1.20. The maximum atomic E-state index is 12.4. The molecule has 8 heteroatoms. The summed E-state index contributed by atoms with van der Waals surface area (Å²) < 4.78 is 3.46. The highest BCUT2D eigenvalue weighted by molar-refractivity contribution is 5.79. The molecule has 8 nitrogen and oxygen atoms in total. The normalized spacial score (nSPS) is 18.8. The van der Waals surface area contributed by atoms with Crippen LogP contribution in [0.3, 0.4) is 0 Å². The van der Waals surface area contributed by atoms with Gasteiger partial charge < -0.3 is 10.6 Å². The van der Waals surface area contributed by atoms with Crippen LogP contribution in [0, 0.1) is 0 Å². The number of nitrogens with zero attached hydrogens (tertiary/aromatic N) is 5. The molecular weight excluding hydrogens is 354 g/mol. The highest BCUT2D eigenvalue weighted by Crippen LogP contribution is 2.19. The maximum absolute atomic E-state index is 12.4. The van der Waals surface area contributed by atoms with Gasteiger partial charge in [-0.1, -0.05) is 6.42 Å². The number of nitrogens with one attached hydrogen (secondary N) is 2. The summed E-state index contributed by atoms with van der Waals surface area (Å²) in [4.78, 5) is 19.3. The topological polar surface area (TPSA) is 79.5 Å². The van der Waals surface area contributed by atoms with Crippen LogP contribution in [-0.4, -0.2) is 64.0 Å². The van der Waals surface area contributed by atoms with Crippen molar-refractivity contribution in [1.29, 1.82) is 0 Å². The molecule has 1 aromatic rings. The van der Waals surface area contributed by atoms with Crippen LogP contribution in [0.4, 0.5) is 0 Å². The fourth-order valence-corrected chi connectivity index (χ4v) is 4.16. The van der Waals surface area contributed by atoms with Gasteiger partial charge in [0.05, 0.1) is 0 Å². The zero-order chi connectivity index (χ0) is 20.0. The fourth-order valence-electron chi connectivity index (χ4n) is 4.16. The van der Waals surface area contributed by atoms with Crippen LogP contribution in [0.1, 0.15) is 58.2 Å².